The second-order valence-electron chi connectivity index (χ2n) is 0.500. The molecule has 0 aliphatic heterocycles. The number of carbonyl (C=O) groups is 1. The Kier molecular flexibility index (Phi) is 2.33. The van der Waals surface area contributed by atoms with Crippen molar-refractivity contribution in [3.63, 3.8) is 0 Å². The summed E-state index contributed by atoms with van der Waals surface area (Å²) in [6.45, 7) is 0. The van der Waals surface area contributed by atoms with Gasteiger partial charge in [0.15, 0.2) is 0 Å². The molecule has 0 saturated heterocycles. The number of carboxylic acid groups (broad SMARTS) is 1. The molecule has 0 atom stereocenters. The second-order valence-corrected chi connectivity index (χ2v) is 0.833. The summed E-state index contributed by atoms with van der Waals surface area (Å²) < 4.78 is 0. The van der Waals surface area contributed by atoms with Crippen LogP contribution in [0.2, 0.25) is 0 Å². The summed E-state index contributed by atoms with van der Waals surface area (Å²) in [5.41, 5.74) is 0. The monoisotopic (exact) mass is 120 g/mol. The molecule has 0 spiro atoms. The van der Waals surface area contributed by atoms with Gasteiger partial charge in [-0.2, -0.15) is 0 Å². The van der Waals surface area contributed by atoms with Gasteiger partial charge in [0.1, 0.15) is 0 Å². The van der Waals surface area contributed by atoms with Crippen LogP contribution in [0.25, 0.3) is 0 Å². The summed E-state index contributed by atoms with van der Waals surface area (Å²) in [5, 5.41) is 7.61. The quantitative estimate of drug-likeness (QED) is 0.477. The van der Waals surface area contributed by atoms with Crippen molar-refractivity contribution in [1.29, 1.82) is 0 Å². The fourth-order valence-electron chi connectivity index (χ4n) is 0. The Bertz CT molecular complexity index is 44.9. The first-order valence-electron chi connectivity index (χ1n) is 0.994. The normalized spacial score (nSPS) is 6.80. The van der Waals surface area contributed by atoms with Gasteiger partial charge in [-0.05, 0) is 0 Å². The molecule has 0 rings (SSSR count). The molecule has 0 unspecified atom stereocenters. The minimum absolute atomic E-state index is 0.215. The van der Waals surface area contributed by atoms with Gasteiger partial charge in [0.05, 0.1) is 0 Å². The zero-order valence-electron chi connectivity index (χ0n) is 2.36. The van der Waals surface area contributed by atoms with E-state index in [1.54, 1.807) is 0 Å². The maximum absolute atomic E-state index is 9.26. The Morgan fingerprint density at radius 3 is 2.20 bits per heavy atom. The van der Waals surface area contributed by atoms with Crippen LogP contribution in [0.4, 0.5) is 4.79 Å². The van der Waals surface area contributed by atoms with E-state index >= 15 is 0 Å². The fourth-order valence-corrected chi connectivity index (χ4v) is 0. The summed E-state index contributed by atoms with van der Waals surface area (Å²) >= 11 is 4.20. The first kappa shape index (κ1) is 5.05. The number of hydrogen-bond donors (Lipinski definition) is 1. The molecule has 0 radical (unpaired) electrons. The van der Waals surface area contributed by atoms with Gasteiger partial charge in [-0.1, -0.05) is 0 Å². The van der Waals surface area contributed by atoms with Crippen LogP contribution >= 0.6 is 0 Å². The van der Waals surface area contributed by atoms with E-state index in [9.17, 15) is 4.79 Å². The zero-order chi connectivity index (χ0) is 4.28. The van der Waals surface area contributed by atoms with Crippen LogP contribution in [0.5, 0.6) is 0 Å². The summed E-state index contributed by atoms with van der Waals surface area (Å²) in [6, 6.07) is 0. The molecule has 0 amide bonds. The molecule has 0 aromatic carbocycles. The van der Waals surface area contributed by atoms with E-state index in [0.717, 1.165) is 0 Å². The molecular formula is CH2BCuO2. The van der Waals surface area contributed by atoms with Crippen molar-refractivity contribution in [2.45, 2.75) is 0 Å². The predicted octanol–water partition coefficient (Wildman–Crippen LogP) is -0.437. The van der Waals surface area contributed by atoms with E-state index in [2.05, 4.69) is 15.8 Å². The van der Waals surface area contributed by atoms with E-state index in [0.29, 0.717) is 0 Å². The van der Waals surface area contributed by atoms with Crippen molar-refractivity contribution in [3.8, 4) is 0 Å². The van der Waals surface area contributed by atoms with Gasteiger partial charge in [0, 0.05) is 0 Å². The van der Waals surface area contributed by atoms with Crippen molar-refractivity contribution in [3.05, 3.63) is 0 Å². The molecule has 32 valence electrons. The topological polar surface area (TPSA) is 37.3 Å². The molecule has 4 heteroatoms. The molecule has 0 aliphatic carbocycles. The van der Waals surface area contributed by atoms with Gasteiger partial charge in [-0.25, -0.2) is 0 Å². The van der Waals surface area contributed by atoms with Crippen LogP contribution in [-0.4, -0.2) is 17.1 Å². The third kappa shape index (κ3) is 4.05. The zero-order valence-corrected chi connectivity index (χ0v) is 3.31. The summed E-state index contributed by atoms with van der Waals surface area (Å²) in [4.78, 5) is 9.26. The maximum atomic E-state index is 9.26. The molecule has 5 heavy (non-hydrogen) atoms. The molecule has 1 N–H and O–H groups in total. The van der Waals surface area contributed by atoms with Crippen molar-refractivity contribution in [1.82, 2.24) is 0 Å². The SMILES string of the molecule is O=C(O)[BH][Cu]. The van der Waals surface area contributed by atoms with Gasteiger partial charge in [-0.3, -0.25) is 0 Å². The van der Waals surface area contributed by atoms with Crippen LogP contribution in [0.1, 0.15) is 0 Å². The minimum atomic E-state index is -0.940. The molecule has 0 saturated carbocycles. The van der Waals surface area contributed by atoms with Crippen LogP contribution in [-0.2, 0) is 15.8 Å². The van der Waals surface area contributed by atoms with E-state index in [-0.39, 0.29) is 6.09 Å². The van der Waals surface area contributed by atoms with E-state index in [4.69, 9.17) is 5.11 Å². The number of hydrogen-bond acceptors (Lipinski definition) is 1. The molecule has 0 fully saturated rings. The molecule has 2 nitrogen and oxygen atoms in total. The number of rotatable bonds is 1. The Labute approximate surface area is 38.5 Å². The average molecular weight is 120 g/mol. The summed E-state index contributed by atoms with van der Waals surface area (Å²) in [6.07, 6.45) is -0.215. The van der Waals surface area contributed by atoms with Crippen LogP contribution in [0.15, 0.2) is 0 Å². The van der Waals surface area contributed by atoms with Crippen molar-refractivity contribution in [2.24, 2.45) is 0 Å². The fraction of sp³-hybridized carbons (Fsp3) is 0. The average Bonchev–Trinajstić information content (AvgIpc) is 1.38. The molecule has 0 aromatic heterocycles. The Morgan fingerprint density at radius 2 is 2.20 bits per heavy atom. The third-order valence-corrected chi connectivity index (χ3v) is 0.376. The van der Waals surface area contributed by atoms with E-state index in [1.807, 2.05) is 0 Å². The van der Waals surface area contributed by atoms with Crippen molar-refractivity contribution >= 4 is 12.0 Å². The Morgan fingerprint density at radius 1 is 2.00 bits per heavy atom. The summed E-state index contributed by atoms with van der Waals surface area (Å²) in [7, 11) is 0. The molecule has 0 aliphatic rings. The first-order chi connectivity index (χ1) is 2.27. The van der Waals surface area contributed by atoms with Gasteiger partial charge >= 0.3 is 37.7 Å². The first-order valence-corrected chi connectivity index (χ1v) is 1.66. The van der Waals surface area contributed by atoms with Crippen LogP contribution in [0, 0.1) is 0 Å². The summed E-state index contributed by atoms with van der Waals surface area (Å²) in [5.74, 6) is -0.940. The second kappa shape index (κ2) is 2.30. The van der Waals surface area contributed by atoms with Gasteiger partial charge in [-0.15, -0.1) is 0 Å². The van der Waals surface area contributed by atoms with Crippen LogP contribution < -0.4 is 0 Å². The van der Waals surface area contributed by atoms with Gasteiger partial charge in [0.25, 0.3) is 0 Å². The van der Waals surface area contributed by atoms with Gasteiger partial charge in [0.2, 0.25) is 0 Å². The van der Waals surface area contributed by atoms with Gasteiger partial charge < -0.3 is 0 Å². The van der Waals surface area contributed by atoms with Crippen LogP contribution in [0.3, 0.4) is 0 Å². The standard InChI is InChI=1S/CHBO2.Cu/c2-1(3)4;/h2H;/q;-1/p+1. The Balaban J connectivity index is 2.85. The van der Waals surface area contributed by atoms with Crippen molar-refractivity contribution < 1.29 is 25.7 Å². The molecule has 0 bridgehead atoms. The predicted molar refractivity (Wildman–Crippen MR) is 15.2 cm³/mol. The molecule has 0 aromatic rings. The molecular weight excluding hydrogens is 118 g/mol. The van der Waals surface area contributed by atoms with Crippen molar-refractivity contribution in [2.75, 3.05) is 0 Å². The van der Waals surface area contributed by atoms with E-state index < -0.39 is 5.87 Å². The third-order valence-electron chi connectivity index (χ3n) is 0.0912. The Hall–Kier alpha value is 0.0544. The molecule has 0 heterocycles. The van der Waals surface area contributed by atoms with E-state index in [1.165, 1.54) is 0 Å².